The van der Waals surface area contributed by atoms with E-state index in [2.05, 4.69) is 10.3 Å². The maximum Gasteiger partial charge on any atom is 0.350 e. The standard InChI is InChI=1S/C15H21N3O5S/c1-4-23-14(21)11-8(2)16-12(24-11)9(3)17-15(22)18-6-5-10(7-18)13(19)20/h9-10H,4-7H2,1-3H3,(H,17,22)(H,19,20). The summed E-state index contributed by atoms with van der Waals surface area (Å²) in [4.78, 5) is 41.3. The molecule has 0 spiro atoms. The number of carbonyl (C=O) groups excluding carboxylic acids is 2. The number of carboxylic acids is 1. The normalized spacial score (nSPS) is 18.3. The van der Waals surface area contributed by atoms with Crippen molar-refractivity contribution in [2.45, 2.75) is 33.2 Å². The number of hydrogen-bond acceptors (Lipinski definition) is 6. The molecule has 2 amide bonds. The van der Waals surface area contributed by atoms with E-state index in [-0.39, 0.29) is 25.2 Å². The Morgan fingerprint density at radius 1 is 1.50 bits per heavy atom. The number of thiazole rings is 1. The van der Waals surface area contributed by atoms with E-state index in [0.29, 0.717) is 28.5 Å². The minimum absolute atomic E-state index is 0.207. The van der Waals surface area contributed by atoms with Gasteiger partial charge in [0.25, 0.3) is 0 Å². The van der Waals surface area contributed by atoms with E-state index in [1.807, 2.05) is 0 Å². The number of carbonyl (C=O) groups is 3. The van der Waals surface area contributed by atoms with Crippen molar-refractivity contribution in [3.63, 3.8) is 0 Å². The van der Waals surface area contributed by atoms with Crippen LogP contribution < -0.4 is 5.32 Å². The number of aryl methyl sites for hydroxylation is 1. The highest BCUT2D eigenvalue weighted by Gasteiger charge is 2.31. The van der Waals surface area contributed by atoms with Crippen LogP contribution in [0.3, 0.4) is 0 Å². The van der Waals surface area contributed by atoms with Crippen LogP contribution in [-0.2, 0) is 9.53 Å². The van der Waals surface area contributed by atoms with Crippen LogP contribution in [0.15, 0.2) is 0 Å². The second-order valence-electron chi connectivity index (χ2n) is 5.63. The van der Waals surface area contributed by atoms with Gasteiger partial charge in [-0.05, 0) is 27.2 Å². The van der Waals surface area contributed by atoms with Crippen LogP contribution >= 0.6 is 11.3 Å². The third-order valence-electron chi connectivity index (χ3n) is 3.81. The summed E-state index contributed by atoms with van der Waals surface area (Å²) in [6.45, 7) is 6.14. The number of likely N-dealkylation sites (tertiary alicyclic amines) is 1. The van der Waals surface area contributed by atoms with Gasteiger partial charge in [-0.1, -0.05) is 0 Å². The maximum atomic E-state index is 12.2. The predicted octanol–water partition coefficient (Wildman–Crippen LogP) is 1.81. The lowest BCUT2D eigenvalue weighted by Crippen LogP contribution is -2.40. The Labute approximate surface area is 143 Å². The van der Waals surface area contributed by atoms with Crippen molar-refractivity contribution in [1.29, 1.82) is 0 Å². The zero-order chi connectivity index (χ0) is 17.9. The highest BCUT2D eigenvalue weighted by Crippen LogP contribution is 2.25. The number of esters is 1. The molecule has 2 N–H and O–H groups in total. The molecule has 0 radical (unpaired) electrons. The first kappa shape index (κ1) is 18.2. The van der Waals surface area contributed by atoms with Crippen LogP contribution in [0.4, 0.5) is 4.79 Å². The number of nitrogens with zero attached hydrogens (tertiary/aromatic N) is 2. The van der Waals surface area contributed by atoms with Gasteiger partial charge in [-0.25, -0.2) is 14.6 Å². The number of rotatable bonds is 5. The summed E-state index contributed by atoms with van der Waals surface area (Å²) in [5.74, 6) is -1.81. The predicted molar refractivity (Wildman–Crippen MR) is 87.1 cm³/mol. The molecule has 0 bridgehead atoms. The third-order valence-corrected chi connectivity index (χ3v) is 5.13. The van der Waals surface area contributed by atoms with E-state index in [1.165, 1.54) is 16.2 Å². The molecule has 1 aliphatic heterocycles. The van der Waals surface area contributed by atoms with Crippen LogP contribution in [0.2, 0.25) is 0 Å². The minimum Gasteiger partial charge on any atom is -0.481 e. The number of hydrogen-bond donors (Lipinski definition) is 2. The van der Waals surface area contributed by atoms with Crippen LogP contribution in [0.25, 0.3) is 0 Å². The average molecular weight is 355 g/mol. The lowest BCUT2D eigenvalue weighted by Gasteiger charge is -2.19. The smallest absolute Gasteiger partial charge is 0.350 e. The number of aromatic nitrogens is 1. The molecule has 2 unspecified atom stereocenters. The Hall–Kier alpha value is -2.16. The van der Waals surface area contributed by atoms with Crippen LogP contribution in [-0.4, -0.2) is 52.7 Å². The molecule has 0 saturated carbocycles. The van der Waals surface area contributed by atoms with Gasteiger partial charge in [0.15, 0.2) is 0 Å². The van der Waals surface area contributed by atoms with Gasteiger partial charge in [0.05, 0.1) is 24.3 Å². The fourth-order valence-electron chi connectivity index (χ4n) is 2.47. The van der Waals surface area contributed by atoms with E-state index in [0.717, 1.165) is 0 Å². The summed E-state index contributed by atoms with van der Waals surface area (Å²) in [5, 5.41) is 12.4. The average Bonchev–Trinajstić information content (AvgIpc) is 3.14. The molecule has 8 nitrogen and oxygen atoms in total. The Bertz CT molecular complexity index is 645. The van der Waals surface area contributed by atoms with Crippen molar-refractivity contribution < 1.29 is 24.2 Å². The first-order chi connectivity index (χ1) is 11.3. The number of urea groups is 1. The second kappa shape index (κ2) is 7.61. The summed E-state index contributed by atoms with van der Waals surface area (Å²) >= 11 is 1.19. The van der Waals surface area contributed by atoms with Gasteiger partial charge < -0.3 is 20.1 Å². The Kier molecular flexibility index (Phi) is 5.76. The lowest BCUT2D eigenvalue weighted by atomic mass is 10.1. The van der Waals surface area contributed by atoms with E-state index in [4.69, 9.17) is 9.84 Å². The van der Waals surface area contributed by atoms with E-state index in [9.17, 15) is 14.4 Å². The van der Waals surface area contributed by atoms with E-state index in [1.54, 1.807) is 20.8 Å². The van der Waals surface area contributed by atoms with Crippen LogP contribution in [0.1, 0.15) is 46.7 Å². The molecular formula is C15H21N3O5S. The largest absolute Gasteiger partial charge is 0.481 e. The summed E-state index contributed by atoms with van der Waals surface area (Å²) in [5.41, 5.74) is 0.571. The maximum absolute atomic E-state index is 12.2. The van der Waals surface area contributed by atoms with Crippen molar-refractivity contribution in [1.82, 2.24) is 15.2 Å². The van der Waals surface area contributed by atoms with Gasteiger partial charge in [0.2, 0.25) is 0 Å². The molecule has 1 saturated heterocycles. The van der Waals surface area contributed by atoms with Crippen LogP contribution in [0.5, 0.6) is 0 Å². The molecule has 132 valence electrons. The molecule has 2 rings (SSSR count). The monoisotopic (exact) mass is 355 g/mol. The summed E-state index contributed by atoms with van der Waals surface area (Å²) in [6, 6.07) is -0.704. The summed E-state index contributed by atoms with van der Waals surface area (Å²) in [7, 11) is 0. The Morgan fingerprint density at radius 3 is 2.79 bits per heavy atom. The van der Waals surface area contributed by atoms with E-state index < -0.39 is 17.9 Å². The fraction of sp³-hybridized carbons (Fsp3) is 0.600. The van der Waals surface area contributed by atoms with Gasteiger partial charge in [-0.2, -0.15) is 0 Å². The second-order valence-corrected chi connectivity index (χ2v) is 6.66. The Morgan fingerprint density at radius 2 is 2.21 bits per heavy atom. The van der Waals surface area contributed by atoms with Crippen molar-refractivity contribution in [3.05, 3.63) is 15.6 Å². The third kappa shape index (κ3) is 4.02. The zero-order valence-corrected chi connectivity index (χ0v) is 14.7. The number of carboxylic acid groups (broad SMARTS) is 1. The number of amides is 2. The number of aliphatic carboxylic acids is 1. The Balaban J connectivity index is 1.98. The first-order valence-electron chi connectivity index (χ1n) is 7.76. The SMILES string of the molecule is CCOC(=O)c1sc(C(C)NC(=O)N2CCC(C(=O)O)C2)nc1C. The van der Waals surface area contributed by atoms with Gasteiger partial charge in [-0.3, -0.25) is 4.79 Å². The highest BCUT2D eigenvalue weighted by atomic mass is 32.1. The van der Waals surface area contributed by atoms with Crippen molar-refractivity contribution in [3.8, 4) is 0 Å². The fourth-order valence-corrected chi connectivity index (χ4v) is 3.44. The highest BCUT2D eigenvalue weighted by molar-refractivity contribution is 7.13. The van der Waals surface area contributed by atoms with Crippen molar-refractivity contribution in [2.24, 2.45) is 5.92 Å². The first-order valence-corrected chi connectivity index (χ1v) is 8.57. The van der Waals surface area contributed by atoms with Crippen molar-refractivity contribution >= 4 is 29.3 Å². The minimum atomic E-state index is -0.882. The molecule has 1 aliphatic rings. The van der Waals surface area contributed by atoms with Gasteiger partial charge in [0, 0.05) is 13.1 Å². The quantitative estimate of drug-likeness (QED) is 0.780. The molecule has 0 aromatic carbocycles. The van der Waals surface area contributed by atoms with E-state index >= 15 is 0 Å². The molecule has 24 heavy (non-hydrogen) atoms. The van der Waals surface area contributed by atoms with Crippen molar-refractivity contribution in [2.75, 3.05) is 19.7 Å². The number of nitrogens with one attached hydrogen (secondary N) is 1. The zero-order valence-electron chi connectivity index (χ0n) is 13.9. The summed E-state index contributed by atoms with van der Waals surface area (Å²) in [6.07, 6.45) is 0.459. The molecular weight excluding hydrogens is 334 g/mol. The topological polar surface area (TPSA) is 109 Å². The van der Waals surface area contributed by atoms with Gasteiger partial charge in [-0.15, -0.1) is 11.3 Å². The molecule has 2 heterocycles. The lowest BCUT2D eigenvalue weighted by molar-refractivity contribution is -0.141. The molecule has 9 heteroatoms. The molecule has 0 aliphatic carbocycles. The van der Waals surface area contributed by atoms with Gasteiger partial charge >= 0.3 is 18.0 Å². The van der Waals surface area contributed by atoms with Gasteiger partial charge in [0.1, 0.15) is 9.88 Å². The van der Waals surface area contributed by atoms with Crippen LogP contribution in [0, 0.1) is 12.8 Å². The number of ether oxygens (including phenoxy) is 1. The summed E-state index contributed by atoms with van der Waals surface area (Å²) < 4.78 is 4.98. The molecule has 1 aromatic heterocycles. The molecule has 1 aromatic rings. The molecule has 2 atom stereocenters. The molecule has 1 fully saturated rings.